The van der Waals surface area contributed by atoms with E-state index in [0.717, 1.165) is 33.7 Å². The van der Waals surface area contributed by atoms with Gasteiger partial charge in [0, 0.05) is 18.4 Å². The highest BCUT2D eigenvalue weighted by Gasteiger charge is 2.14. The number of fused-ring (bicyclic) bond motifs is 1. The molecule has 108 valence electrons. The van der Waals surface area contributed by atoms with Crippen LogP contribution in [0.1, 0.15) is 17.0 Å². The summed E-state index contributed by atoms with van der Waals surface area (Å²) in [6.07, 6.45) is 0.644. The zero-order chi connectivity index (χ0) is 15.0. The van der Waals surface area contributed by atoms with Crippen LogP contribution in [-0.4, -0.2) is 15.4 Å². The van der Waals surface area contributed by atoms with E-state index in [2.05, 4.69) is 23.2 Å². The highest BCUT2D eigenvalue weighted by Crippen LogP contribution is 2.26. The van der Waals surface area contributed by atoms with Gasteiger partial charge in [-0.05, 0) is 43.2 Å². The number of benzene rings is 2. The Morgan fingerprint density at radius 1 is 1.14 bits per heavy atom. The largest absolute Gasteiger partial charge is 0.296 e. The number of hydrogen-bond acceptors (Lipinski definition) is 1. The number of aromatic nitrogens is 2. The van der Waals surface area contributed by atoms with Crippen molar-refractivity contribution >= 4 is 22.6 Å². The summed E-state index contributed by atoms with van der Waals surface area (Å²) in [5.74, 6) is 1.09. The van der Waals surface area contributed by atoms with Crippen molar-refractivity contribution in [3.05, 3.63) is 59.2 Å². The van der Waals surface area contributed by atoms with Crippen LogP contribution in [0, 0.1) is 19.7 Å². The average Bonchev–Trinajstić information content (AvgIpc) is 2.79. The molecule has 0 aliphatic rings. The normalized spacial score (nSPS) is 11.2. The lowest BCUT2D eigenvalue weighted by molar-refractivity contribution is 0.629. The molecule has 0 unspecified atom stereocenters. The molecule has 4 heteroatoms. The summed E-state index contributed by atoms with van der Waals surface area (Å²) in [4.78, 5) is 4.60. The summed E-state index contributed by atoms with van der Waals surface area (Å²) < 4.78 is 15.7. The van der Waals surface area contributed by atoms with Crippen molar-refractivity contribution in [2.75, 3.05) is 5.88 Å². The number of imidazole rings is 1. The molecule has 0 atom stereocenters. The minimum atomic E-state index is -0.258. The zero-order valence-corrected chi connectivity index (χ0v) is 12.8. The van der Waals surface area contributed by atoms with Crippen LogP contribution in [0.25, 0.3) is 16.7 Å². The average molecular weight is 303 g/mol. The first kappa shape index (κ1) is 14.1. The van der Waals surface area contributed by atoms with Crippen LogP contribution in [0.4, 0.5) is 4.39 Å². The molecule has 0 radical (unpaired) electrons. The Morgan fingerprint density at radius 2 is 1.95 bits per heavy atom. The molecule has 2 aromatic carbocycles. The molecule has 3 rings (SSSR count). The second-order valence-electron chi connectivity index (χ2n) is 5.23. The fraction of sp³-hybridized carbons (Fsp3) is 0.235. The molecule has 3 aromatic rings. The molecule has 0 aliphatic heterocycles. The number of aryl methyl sites for hydroxylation is 3. The first-order valence-electron chi connectivity index (χ1n) is 6.90. The van der Waals surface area contributed by atoms with E-state index in [1.54, 1.807) is 6.07 Å². The van der Waals surface area contributed by atoms with Gasteiger partial charge in [-0.3, -0.25) is 4.57 Å². The van der Waals surface area contributed by atoms with Gasteiger partial charge in [-0.2, -0.15) is 0 Å². The summed E-state index contributed by atoms with van der Waals surface area (Å²) in [5, 5.41) is 0. The van der Waals surface area contributed by atoms with Crippen molar-refractivity contribution < 1.29 is 4.39 Å². The minimum Gasteiger partial charge on any atom is -0.296 e. The van der Waals surface area contributed by atoms with E-state index >= 15 is 0 Å². The molecule has 0 aliphatic carbocycles. The maximum Gasteiger partial charge on any atom is 0.125 e. The van der Waals surface area contributed by atoms with Crippen molar-refractivity contribution in [3.8, 4) is 5.69 Å². The summed E-state index contributed by atoms with van der Waals surface area (Å²) in [6, 6.07) is 10.9. The highest BCUT2D eigenvalue weighted by atomic mass is 35.5. The van der Waals surface area contributed by atoms with Crippen LogP contribution in [0.3, 0.4) is 0 Å². The highest BCUT2D eigenvalue weighted by molar-refractivity contribution is 6.17. The van der Waals surface area contributed by atoms with Crippen LogP contribution in [0.15, 0.2) is 36.4 Å². The first-order chi connectivity index (χ1) is 10.1. The Balaban J connectivity index is 2.35. The van der Waals surface area contributed by atoms with Gasteiger partial charge in [-0.15, -0.1) is 11.6 Å². The van der Waals surface area contributed by atoms with E-state index in [9.17, 15) is 4.39 Å². The number of rotatable bonds is 3. The fourth-order valence-electron chi connectivity index (χ4n) is 2.58. The van der Waals surface area contributed by atoms with Crippen molar-refractivity contribution in [2.24, 2.45) is 0 Å². The zero-order valence-electron chi connectivity index (χ0n) is 12.0. The Labute approximate surface area is 128 Å². The standard InChI is InChI=1S/C17H16ClFN2/c1-11-3-4-12(2)15(9-11)21-16-10-13(19)5-6-14(16)20-17(21)7-8-18/h3-6,9-10H,7-8H2,1-2H3. The lowest BCUT2D eigenvalue weighted by Crippen LogP contribution is -2.04. The fourth-order valence-corrected chi connectivity index (χ4v) is 2.75. The molecule has 0 amide bonds. The van der Waals surface area contributed by atoms with E-state index in [0.29, 0.717) is 12.3 Å². The lowest BCUT2D eigenvalue weighted by atomic mass is 10.1. The molecular weight excluding hydrogens is 287 g/mol. The van der Waals surface area contributed by atoms with E-state index in [1.807, 2.05) is 18.4 Å². The predicted molar refractivity (Wildman–Crippen MR) is 84.9 cm³/mol. The van der Waals surface area contributed by atoms with Crippen molar-refractivity contribution in [1.82, 2.24) is 9.55 Å². The Hall–Kier alpha value is -1.87. The van der Waals surface area contributed by atoms with Crippen LogP contribution < -0.4 is 0 Å². The molecule has 21 heavy (non-hydrogen) atoms. The molecule has 2 nitrogen and oxygen atoms in total. The number of hydrogen-bond donors (Lipinski definition) is 0. The predicted octanol–water partition coefficient (Wildman–Crippen LogP) is 4.56. The van der Waals surface area contributed by atoms with Gasteiger partial charge in [0.15, 0.2) is 0 Å². The van der Waals surface area contributed by atoms with Gasteiger partial charge in [-0.1, -0.05) is 12.1 Å². The maximum absolute atomic E-state index is 13.6. The van der Waals surface area contributed by atoms with Gasteiger partial charge in [0.05, 0.1) is 16.7 Å². The third-order valence-electron chi connectivity index (χ3n) is 3.61. The summed E-state index contributed by atoms with van der Waals surface area (Å²) in [5.41, 5.74) is 4.88. The number of alkyl halides is 1. The number of halogens is 2. The van der Waals surface area contributed by atoms with Crippen LogP contribution in [-0.2, 0) is 6.42 Å². The van der Waals surface area contributed by atoms with Crippen molar-refractivity contribution in [1.29, 1.82) is 0 Å². The van der Waals surface area contributed by atoms with E-state index in [4.69, 9.17) is 11.6 Å². The van der Waals surface area contributed by atoms with Crippen molar-refractivity contribution in [3.63, 3.8) is 0 Å². The number of nitrogens with zero attached hydrogens (tertiary/aromatic N) is 2. The van der Waals surface area contributed by atoms with Gasteiger partial charge in [0.25, 0.3) is 0 Å². The Morgan fingerprint density at radius 3 is 2.71 bits per heavy atom. The smallest absolute Gasteiger partial charge is 0.125 e. The molecule has 0 saturated carbocycles. The van der Waals surface area contributed by atoms with Gasteiger partial charge >= 0.3 is 0 Å². The van der Waals surface area contributed by atoms with E-state index in [-0.39, 0.29) is 5.82 Å². The summed E-state index contributed by atoms with van der Waals surface area (Å²) >= 11 is 5.90. The maximum atomic E-state index is 13.6. The Bertz CT molecular complexity index is 808. The van der Waals surface area contributed by atoms with Crippen LogP contribution in [0.2, 0.25) is 0 Å². The lowest BCUT2D eigenvalue weighted by Gasteiger charge is -2.12. The second-order valence-corrected chi connectivity index (χ2v) is 5.60. The molecule has 0 fully saturated rings. The van der Waals surface area contributed by atoms with E-state index < -0.39 is 0 Å². The molecule has 0 bridgehead atoms. The van der Waals surface area contributed by atoms with Gasteiger partial charge < -0.3 is 0 Å². The van der Waals surface area contributed by atoms with Crippen LogP contribution >= 0.6 is 11.6 Å². The van der Waals surface area contributed by atoms with Gasteiger partial charge in [-0.25, -0.2) is 9.37 Å². The van der Waals surface area contributed by atoms with Crippen molar-refractivity contribution in [2.45, 2.75) is 20.3 Å². The third-order valence-corrected chi connectivity index (χ3v) is 3.80. The second kappa shape index (κ2) is 5.49. The molecule has 0 spiro atoms. The van der Waals surface area contributed by atoms with Gasteiger partial charge in [0.1, 0.15) is 11.6 Å². The topological polar surface area (TPSA) is 17.8 Å². The molecular formula is C17H16ClFN2. The van der Waals surface area contributed by atoms with Gasteiger partial charge in [0.2, 0.25) is 0 Å². The SMILES string of the molecule is Cc1ccc(C)c(-n2c(CCCl)nc3ccc(F)cc32)c1. The van der Waals surface area contributed by atoms with Crippen LogP contribution in [0.5, 0.6) is 0 Å². The molecule has 0 N–H and O–H groups in total. The third kappa shape index (κ3) is 2.54. The summed E-state index contributed by atoms with van der Waals surface area (Å²) in [7, 11) is 0. The Kier molecular flexibility index (Phi) is 3.68. The summed E-state index contributed by atoms with van der Waals surface area (Å²) in [6.45, 7) is 4.09. The molecule has 1 heterocycles. The first-order valence-corrected chi connectivity index (χ1v) is 7.44. The molecule has 1 aromatic heterocycles. The molecule has 0 saturated heterocycles. The van der Waals surface area contributed by atoms with E-state index in [1.165, 1.54) is 12.1 Å². The monoisotopic (exact) mass is 302 g/mol. The minimum absolute atomic E-state index is 0.258. The quantitative estimate of drug-likeness (QED) is 0.648.